The number of hydrogen-bond donors (Lipinski definition) is 1. The maximum absolute atomic E-state index is 14.3. The van der Waals surface area contributed by atoms with Crippen molar-refractivity contribution >= 4 is 28.0 Å². The van der Waals surface area contributed by atoms with Crippen LogP contribution in [0.5, 0.6) is 0 Å². The van der Waals surface area contributed by atoms with Gasteiger partial charge >= 0.3 is 0 Å². The van der Waals surface area contributed by atoms with Crippen LogP contribution in [0.2, 0.25) is 0 Å². The summed E-state index contributed by atoms with van der Waals surface area (Å²) < 4.78 is 29.3. The van der Waals surface area contributed by atoms with Gasteiger partial charge in [0.25, 0.3) is 5.92 Å². The molecule has 3 rings (SSSR count). The van der Waals surface area contributed by atoms with E-state index in [1.165, 1.54) is 6.34 Å². The number of halogens is 3. The number of benzene rings is 1. The second-order valence-corrected chi connectivity index (χ2v) is 6.15. The first-order chi connectivity index (χ1) is 9.42. The summed E-state index contributed by atoms with van der Waals surface area (Å²) in [7, 11) is 0. The molecule has 2 aliphatic rings. The van der Waals surface area contributed by atoms with Crippen molar-refractivity contribution in [1.82, 2.24) is 0 Å². The van der Waals surface area contributed by atoms with Gasteiger partial charge in [-0.25, -0.2) is 13.8 Å². The Kier molecular flexibility index (Phi) is 3.09. The topological polar surface area (TPSA) is 24.4 Å². The van der Waals surface area contributed by atoms with Gasteiger partial charge in [-0.15, -0.1) is 0 Å². The number of nitrogens with one attached hydrogen (secondary N) is 1. The highest BCUT2D eigenvalue weighted by Crippen LogP contribution is 2.46. The fourth-order valence-electron chi connectivity index (χ4n) is 2.21. The molecule has 0 saturated heterocycles. The Bertz CT molecular complexity index is 635. The van der Waals surface area contributed by atoms with Crippen LogP contribution in [0.4, 0.5) is 14.5 Å². The summed E-state index contributed by atoms with van der Waals surface area (Å²) in [5, 5.41) is 2.91. The molecular formula is C15H13BrF2N2. The molecule has 1 aromatic carbocycles. The summed E-state index contributed by atoms with van der Waals surface area (Å²) in [5.41, 5.74) is -0.763. The zero-order valence-electron chi connectivity index (χ0n) is 10.9. The fourth-order valence-corrected chi connectivity index (χ4v) is 2.57. The summed E-state index contributed by atoms with van der Waals surface area (Å²) in [6.07, 6.45) is 3.30. The van der Waals surface area contributed by atoms with E-state index in [0.717, 1.165) is 24.2 Å². The molecule has 1 atom stereocenters. The Hall–Kier alpha value is -1.41. The van der Waals surface area contributed by atoms with Crippen LogP contribution in [0.25, 0.3) is 0 Å². The molecule has 1 saturated carbocycles. The van der Waals surface area contributed by atoms with E-state index in [-0.39, 0.29) is 5.92 Å². The van der Waals surface area contributed by atoms with Gasteiger partial charge in [-0.05, 0) is 25.0 Å². The highest BCUT2D eigenvalue weighted by molar-refractivity contribution is 9.10. The monoisotopic (exact) mass is 338 g/mol. The minimum atomic E-state index is -3.06. The van der Waals surface area contributed by atoms with E-state index in [0.29, 0.717) is 11.3 Å². The van der Waals surface area contributed by atoms with Crippen LogP contribution in [0, 0.1) is 17.8 Å². The Morgan fingerprint density at radius 1 is 1.45 bits per heavy atom. The Morgan fingerprint density at radius 3 is 2.85 bits per heavy atom. The lowest BCUT2D eigenvalue weighted by Crippen LogP contribution is -2.43. The Balaban J connectivity index is 2.18. The molecule has 0 amide bonds. The number of fused-ring (bicyclic) bond motifs is 1. The lowest BCUT2D eigenvalue weighted by atomic mass is 9.83. The van der Waals surface area contributed by atoms with Crippen molar-refractivity contribution in [3.63, 3.8) is 0 Å². The molecule has 20 heavy (non-hydrogen) atoms. The third-order valence-electron chi connectivity index (χ3n) is 3.52. The first kappa shape index (κ1) is 13.6. The molecule has 1 aliphatic carbocycles. The molecule has 2 nitrogen and oxygen atoms in total. The van der Waals surface area contributed by atoms with Gasteiger partial charge in [0.2, 0.25) is 5.54 Å². The van der Waals surface area contributed by atoms with E-state index in [9.17, 15) is 8.78 Å². The van der Waals surface area contributed by atoms with Gasteiger partial charge in [0.15, 0.2) is 0 Å². The number of hydrogen-bond acceptors (Lipinski definition) is 2. The molecule has 0 radical (unpaired) electrons. The number of aliphatic imine (C=N–C) groups is 1. The van der Waals surface area contributed by atoms with E-state index >= 15 is 0 Å². The standard InChI is InChI=1S/C15H13BrF2N2/c1-14(17,18)15(7-6-10-2-3-10)12-5-4-11(16)8-13(12)19-9-20-15/h4-5,8-10H,2-3H2,1H3,(H,19,20)/t15-/m0/s1. The molecule has 1 N–H and O–H groups in total. The summed E-state index contributed by atoms with van der Waals surface area (Å²) in [6.45, 7) is 0.878. The van der Waals surface area contributed by atoms with Gasteiger partial charge in [0.05, 0.1) is 6.34 Å². The number of anilines is 1. The van der Waals surface area contributed by atoms with Crippen LogP contribution in [-0.2, 0) is 5.54 Å². The molecule has 1 aliphatic heterocycles. The van der Waals surface area contributed by atoms with E-state index in [4.69, 9.17) is 0 Å². The number of nitrogens with zero attached hydrogens (tertiary/aromatic N) is 1. The molecule has 1 heterocycles. The predicted molar refractivity (Wildman–Crippen MR) is 79.1 cm³/mol. The van der Waals surface area contributed by atoms with Gasteiger partial charge in [0, 0.05) is 28.6 Å². The van der Waals surface area contributed by atoms with Crippen molar-refractivity contribution in [2.45, 2.75) is 31.2 Å². The molecule has 0 unspecified atom stereocenters. The summed E-state index contributed by atoms with van der Waals surface area (Å²) >= 11 is 3.34. The molecule has 104 valence electrons. The van der Waals surface area contributed by atoms with Crippen LogP contribution in [0.1, 0.15) is 25.3 Å². The molecular weight excluding hydrogens is 326 g/mol. The molecule has 0 bridgehead atoms. The van der Waals surface area contributed by atoms with Crippen molar-refractivity contribution in [2.75, 3.05) is 5.32 Å². The first-order valence-corrected chi connectivity index (χ1v) is 7.22. The zero-order chi connectivity index (χ0) is 14.4. The van der Waals surface area contributed by atoms with E-state index in [2.05, 4.69) is 38.1 Å². The number of alkyl halides is 2. The lowest BCUT2D eigenvalue weighted by molar-refractivity contribution is -0.0339. The molecule has 0 aromatic heterocycles. The highest BCUT2D eigenvalue weighted by atomic mass is 79.9. The maximum Gasteiger partial charge on any atom is 0.285 e. The van der Waals surface area contributed by atoms with E-state index in [1.54, 1.807) is 18.2 Å². The van der Waals surface area contributed by atoms with Gasteiger partial charge < -0.3 is 5.32 Å². The van der Waals surface area contributed by atoms with Crippen molar-refractivity contribution in [2.24, 2.45) is 10.9 Å². The van der Waals surface area contributed by atoms with E-state index < -0.39 is 11.5 Å². The molecule has 1 fully saturated rings. The maximum atomic E-state index is 14.3. The van der Waals surface area contributed by atoms with Gasteiger partial charge in [-0.3, -0.25) is 0 Å². The van der Waals surface area contributed by atoms with Gasteiger partial charge in [-0.1, -0.05) is 33.8 Å². The summed E-state index contributed by atoms with van der Waals surface area (Å²) in [6, 6.07) is 5.16. The fraction of sp³-hybridized carbons (Fsp3) is 0.400. The third-order valence-corrected chi connectivity index (χ3v) is 4.01. The minimum Gasteiger partial charge on any atom is -0.346 e. The first-order valence-electron chi connectivity index (χ1n) is 6.43. The summed E-state index contributed by atoms with van der Waals surface area (Å²) in [5.74, 6) is 2.89. The molecule has 0 spiro atoms. The van der Waals surface area contributed by atoms with Crippen LogP contribution >= 0.6 is 15.9 Å². The average Bonchev–Trinajstić information content (AvgIpc) is 3.18. The number of rotatable bonds is 1. The van der Waals surface area contributed by atoms with Crippen molar-refractivity contribution in [3.05, 3.63) is 28.2 Å². The van der Waals surface area contributed by atoms with Crippen LogP contribution < -0.4 is 5.32 Å². The van der Waals surface area contributed by atoms with Crippen LogP contribution in [0.15, 0.2) is 27.7 Å². The third kappa shape index (κ3) is 2.22. The average molecular weight is 339 g/mol. The second kappa shape index (κ2) is 4.56. The molecule has 1 aromatic rings. The normalized spacial score (nSPS) is 24.4. The largest absolute Gasteiger partial charge is 0.346 e. The van der Waals surface area contributed by atoms with E-state index in [1.807, 2.05) is 0 Å². The highest BCUT2D eigenvalue weighted by Gasteiger charge is 2.52. The van der Waals surface area contributed by atoms with Gasteiger partial charge in [0.1, 0.15) is 0 Å². The Morgan fingerprint density at radius 2 is 2.20 bits per heavy atom. The quantitative estimate of drug-likeness (QED) is 0.763. The zero-order valence-corrected chi connectivity index (χ0v) is 12.5. The van der Waals surface area contributed by atoms with Crippen molar-refractivity contribution in [3.8, 4) is 11.8 Å². The van der Waals surface area contributed by atoms with Crippen molar-refractivity contribution < 1.29 is 8.78 Å². The van der Waals surface area contributed by atoms with Crippen LogP contribution in [0.3, 0.4) is 0 Å². The van der Waals surface area contributed by atoms with Crippen molar-refractivity contribution in [1.29, 1.82) is 0 Å². The van der Waals surface area contributed by atoms with Crippen LogP contribution in [-0.4, -0.2) is 12.3 Å². The minimum absolute atomic E-state index is 0.248. The predicted octanol–water partition coefficient (Wildman–Crippen LogP) is 4.17. The molecule has 5 heteroatoms. The second-order valence-electron chi connectivity index (χ2n) is 5.23. The lowest BCUT2D eigenvalue weighted by Gasteiger charge is -2.34. The van der Waals surface area contributed by atoms with Gasteiger partial charge in [-0.2, -0.15) is 0 Å². The Labute approximate surface area is 124 Å². The smallest absolute Gasteiger partial charge is 0.285 e. The summed E-state index contributed by atoms with van der Waals surface area (Å²) in [4.78, 5) is 4.03. The SMILES string of the molecule is CC(F)(F)[C@@]1(C#CC2CC2)N=CNc2cc(Br)ccc21.